The van der Waals surface area contributed by atoms with E-state index in [1.807, 2.05) is 11.3 Å². The molecule has 1 aromatic heterocycles. The van der Waals surface area contributed by atoms with Gasteiger partial charge in [-0.15, -0.1) is 11.3 Å². The highest BCUT2D eigenvalue weighted by atomic mass is 32.2. The molecule has 1 saturated heterocycles. The molecule has 3 heteroatoms. The summed E-state index contributed by atoms with van der Waals surface area (Å²) in [5.41, 5.74) is 0. The second-order valence-electron chi connectivity index (χ2n) is 4.43. The molecule has 2 heterocycles. The number of thioether (sulfide) groups is 1. The summed E-state index contributed by atoms with van der Waals surface area (Å²) in [6.45, 7) is 5.58. The lowest BCUT2D eigenvalue weighted by atomic mass is 10.1. The van der Waals surface area contributed by atoms with Gasteiger partial charge >= 0.3 is 0 Å². The minimum atomic E-state index is 0.589. The summed E-state index contributed by atoms with van der Waals surface area (Å²) >= 11 is 4.11. The van der Waals surface area contributed by atoms with Crippen LogP contribution in [0.3, 0.4) is 0 Å². The van der Waals surface area contributed by atoms with E-state index >= 15 is 0 Å². The highest BCUT2D eigenvalue weighted by Crippen LogP contribution is 2.38. The van der Waals surface area contributed by atoms with Crippen LogP contribution < -0.4 is 5.32 Å². The van der Waals surface area contributed by atoms with Crippen LogP contribution in [0.4, 0.5) is 0 Å². The number of thiophene rings is 1. The molecule has 2 unspecified atom stereocenters. The van der Waals surface area contributed by atoms with E-state index in [0.717, 1.165) is 11.8 Å². The summed E-state index contributed by atoms with van der Waals surface area (Å²) in [5, 5.41) is 4.53. The third-order valence-electron chi connectivity index (χ3n) is 3.02. The Bertz CT molecular complexity index is 315. The lowest BCUT2D eigenvalue weighted by Gasteiger charge is -2.23. The van der Waals surface area contributed by atoms with E-state index in [0.29, 0.717) is 6.04 Å². The molecule has 2 atom stereocenters. The van der Waals surface area contributed by atoms with Crippen molar-refractivity contribution in [3.05, 3.63) is 21.9 Å². The molecular weight excluding hydrogens is 234 g/mol. The Morgan fingerprint density at radius 2 is 2.38 bits per heavy atom. The van der Waals surface area contributed by atoms with E-state index in [2.05, 4.69) is 43.1 Å². The zero-order valence-corrected chi connectivity index (χ0v) is 11.8. The molecular formula is C13H21NS2. The second kappa shape index (κ2) is 6.08. The van der Waals surface area contributed by atoms with Gasteiger partial charge in [0.05, 0.1) is 6.04 Å². The molecule has 2 rings (SSSR count). The minimum Gasteiger partial charge on any atom is -0.308 e. The fourth-order valence-electron chi connectivity index (χ4n) is 2.20. The summed E-state index contributed by atoms with van der Waals surface area (Å²) in [6, 6.07) is 5.15. The molecule has 0 bridgehead atoms. The number of hydrogen-bond donors (Lipinski definition) is 1. The Kier molecular flexibility index (Phi) is 4.74. The van der Waals surface area contributed by atoms with E-state index in [1.54, 1.807) is 0 Å². The Balaban J connectivity index is 2.06. The normalized spacial score (nSPS) is 22.5. The van der Waals surface area contributed by atoms with Crippen LogP contribution in [0.25, 0.3) is 0 Å². The number of hydrogen-bond acceptors (Lipinski definition) is 3. The molecule has 0 aliphatic carbocycles. The second-order valence-corrected chi connectivity index (χ2v) is 7.10. The van der Waals surface area contributed by atoms with Crippen LogP contribution in [0, 0.1) is 6.92 Å². The molecule has 1 nitrogen and oxygen atoms in total. The summed E-state index contributed by atoms with van der Waals surface area (Å²) < 4.78 is 0. The van der Waals surface area contributed by atoms with Gasteiger partial charge in [-0.2, -0.15) is 11.8 Å². The first kappa shape index (κ1) is 12.5. The molecule has 1 fully saturated rings. The SMILES string of the molecule is CCCNC(c1ccc(C)s1)C1CCCS1. The van der Waals surface area contributed by atoms with E-state index in [-0.39, 0.29) is 0 Å². The van der Waals surface area contributed by atoms with Crippen molar-refractivity contribution in [3.63, 3.8) is 0 Å². The quantitative estimate of drug-likeness (QED) is 0.853. The maximum absolute atomic E-state index is 3.73. The third kappa shape index (κ3) is 3.02. The molecule has 0 radical (unpaired) electrons. The summed E-state index contributed by atoms with van der Waals surface area (Å²) in [6.07, 6.45) is 3.99. The van der Waals surface area contributed by atoms with Gasteiger partial charge in [0.2, 0.25) is 0 Å². The third-order valence-corrected chi connectivity index (χ3v) is 5.56. The smallest absolute Gasteiger partial charge is 0.0535 e. The molecule has 90 valence electrons. The Morgan fingerprint density at radius 3 is 2.94 bits per heavy atom. The predicted molar refractivity (Wildman–Crippen MR) is 75.6 cm³/mol. The van der Waals surface area contributed by atoms with Crippen LogP contribution in [-0.2, 0) is 0 Å². The average Bonchev–Trinajstić information content (AvgIpc) is 2.91. The van der Waals surface area contributed by atoms with Crippen LogP contribution in [-0.4, -0.2) is 17.5 Å². The lowest BCUT2D eigenvalue weighted by molar-refractivity contribution is 0.510. The summed E-state index contributed by atoms with van der Waals surface area (Å²) in [7, 11) is 0. The Hall–Kier alpha value is 0.01000. The fourth-order valence-corrected chi connectivity index (χ4v) is 4.71. The van der Waals surface area contributed by atoms with Crippen LogP contribution in [0.1, 0.15) is 42.0 Å². The molecule has 0 saturated carbocycles. The van der Waals surface area contributed by atoms with E-state index in [4.69, 9.17) is 0 Å². The van der Waals surface area contributed by atoms with Gasteiger partial charge in [0, 0.05) is 15.0 Å². The average molecular weight is 255 g/mol. The molecule has 0 amide bonds. The lowest BCUT2D eigenvalue weighted by Crippen LogP contribution is -2.28. The number of nitrogens with one attached hydrogen (secondary N) is 1. The largest absolute Gasteiger partial charge is 0.308 e. The van der Waals surface area contributed by atoms with Crippen LogP contribution in [0.15, 0.2) is 12.1 Å². The van der Waals surface area contributed by atoms with Gasteiger partial charge < -0.3 is 5.32 Å². The van der Waals surface area contributed by atoms with Gasteiger partial charge in [-0.05, 0) is 50.6 Å². The zero-order chi connectivity index (χ0) is 11.4. The number of rotatable bonds is 5. The van der Waals surface area contributed by atoms with E-state index in [1.165, 1.54) is 34.8 Å². The molecule has 1 aliphatic rings. The van der Waals surface area contributed by atoms with Gasteiger partial charge in [0.15, 0.2) is 0 Å². The van der Waals surface area contributed by atoms with Crippen molar-refractivity contribution >= 4 is 23.1 Å². The first-order valence-corrected chi connectivity index (χ1v) is 8.09. The fraction of sp³-hybridized carbons (Fsp3) is 0.692. The highest BCUT2D eigenvalue weighted by Gasteiger charge is 2.27. The first-order chi connectivity index (χ1) is 7.81. The molecule has 1 aliphatic heterocycles. The maximum atomic E-state index is 3.73. The van der Waals surface area contributed by atoms with Crippen molar-refractivity contribution in [2.75, 3.05) is 12.3 Å². The van der Waals surface area contributed by atoms with Crippen molar-refractivity contribution in [1.82, 2.24) is 5.32 Å². The monoisotopic (exact) mass is 255 g/mol. The van der Waals surface area contributed by atoms with Gasteiger partial charge in [-0.25, -0.2) is 0 Å². The van der Waals surface area contributed by atoms with Gasteiger partial charge in [0.25, 0.3) is 0 Å². The Labute approximate surface area is 107 Å². The van der Waals surface area contributed by atoms with E-state index in [9.17, 15) is 0 Å². The van der Waals surface area contributed by atoms with Gasteiger partial charge in [-0.1, -0.05) is 6.92 Å². The molecule has 0 spiro atoms. The topological polar surface area (TPSA) is 12.0 Å². The van der Waals surface area contributed by atoms with Crippen molar-refractivity contribution in [1.29, 1.82) is 0 Å². The van der Waals surface area contributed by atoms with Crippen molar-refractivity contribution < 1.29 is 0 Å². The predicted octanol–water partition coefficient (Wildman–Crippen LogP) is 3.99. The van der Waals surface area contributed by atoms with Crippen LogP contribution in [0.5, 0.6) is 0 Å². The van der Waals surface area contributed by atoms with Crippen molar-refractivity contribution in [2.45, 2.75) is 44.4 Å². The Morgan fingerprint density at radius 1 is 1.50 bits per heavy atom. The first-order valence-electron chi connectivity index (χ1n) is 6.22. The maximum Gasteiger partial charge on any atom is 0.0535 e. The van der Waals surface area contributed by atoms with Crippen LogP contribution >= 0.6 is 23.1 Å². The zero-order valence-electron chi connectivity index (χ0n) is 10.2. The standard InChI is InChI=1S/C13H21NS2/c1-3-8-14-13(11-5-4-9-15-11)12-7-6-10(2)16-12/h6-7,11,13-14H,3-5,8-9H2,1-2H3. The van der Waals surface area contributed by atoms with Gasteiger partial charge in [0.1, 0.15) is 0 Å². The minimum absolute atomic E-state index is 0.589. The van der Waals surface area contributed by atoms with Crippen LogP contribution in [0.2, 0.25) is 0 Å². The molecule has 16 heavy (non-hydrogen) atoms. The highest BCUT2D eigenvalue weighted by molar-refractivity contribution is 8.00. The van der Waals surface area contributed by atoms with Crippen molar-refractivity contribution in [2.24, 2.45) is 0 Å². The van der Waals surface area contributed by atoms with Gasteiger partial charge in [-0.3, -0.25) is 0 Å². The van der Waals surface area contributed by atoms with E-state index < -0.39 is 0 Å². The van der Waals surface area contributed by atoms with Crippen molar-refractivity contribution in [3.8, 4) is 0 Å². The molecule has 1 aromatic rings. The summed E-state index contributed by atoms with van der Waals surface area (Å²) in [4.78, 5) is 2.96. The molecule has 0 aromatic carbocycles. The number of aryl methyl sites for hydroxylation is 1. The molecule has 1 N–H and O–H groups in total. The summed E-state index contributed by atoms with van der Waals surface area (Å²) in [5.74, 6) is 1.35.